The monoisotopic (exact) mass is 366 g/mol. The van der Waals surface area contributed by atoms with Crippen LogP contribution in [0.25, 0.3) is 0 Å². The molecule has 1 unspecified atom stereocenters. The average molecular weight is 366 g/mol. The molecule has 1 atom stereocenters. The third-order valence-electron chi connectivity index (χ3n) is 5.40. The molecule has 1 N–H and O–H groups in total. The van der Waals surface area contributed by atoms with E-state index in [1.807, 2.05) is 30.3 Å². The molecule has 3 heterocycles. The number of aromatic nitrogens is 1. The van der Waals surface area contributed by atoms with E-state index in [0.717, 1.165) is 51.5 Å². The number of hydrogen-bond donors (Lipinski definition) is 1. The minimum Gasteiger partial charge on any atom is -0.381 e. The summed E-state index contributed by atoms with van der Waals surface area (Å²) in [4.78, 5) is 21.7. The Bertz CT molecular complexity index is 796. The Kier molecular flexibility index (Phi) is 5.36. The van der Waals surface area contributed by atoms with Crippen LogP contribution in [0.15, 0.2) is 42.6 Å². The van der Waals surface area contributed by atoms with Crippen LogP contribution < -0.4 is 10.2 Å². The van der Waals surface area contributed by atoms with Gasteiger partial charge in [-0.15, -0.1) is 0 Å². The van der Waals surface area contributed by atoms with Crippen LogP contribution in [0.5, 0.6) is 0 Å². The van der Waals surface area contributed by atoms with Crippen LogP contribution in [-0.2, 0) is 4.74 Å². The molecule has 2 saturated heterocycles. The van der Waals surface area contributed by atoms with E-state index >= 15 is 0 Å². The van der Waals surface area contributed by atoms with Gasteiger partial charge in [0.2, 0.25) is 0 Å². The Morgan fingerprint density at radius 1 is 1.19 bits per heavy atom. The zero-order valence-corrected chi connectivity index (χ0v) is 15.7. The van der Waals surface area contributed by atoms with E-state index in [-0.39, 0.29) is 5.91 Å². The molecular formula is C21H26N4O2. The van der Waals surface area contributed by atoms with Gasteiger partial charge in [0.1, 0.15) is 5.82 Å². The molecule has 0 bridgehead atoms. The van der Waals surface area contributed by atoms with Crippen LogP contribution in [-0.4, -0.2) is 62.2 Å². The minimum absolute atomic E-state index is 0.126. The Labute approximate surface area is 160 Å². The van der Waals surface area contributed by atoms with Gasteiger partial charge in [-0.2, -0.15) is 0 Å². The van der Waals surface area contributed by atoms with Gasteiger partial charge in [-0.25, -0.2) is 4.98 Å². The SMILES string of the molecule is CN1CCN(c2ccnc(NC(=O)c3cccc(C4CCOC4)c3)c2)CC1. The maximum Gasteiger partial charge on any atom is 0.256 e. The van der Waals surface area contributed by atoms with Crippen molar-refractivity contribution < 1.29 is 9.53 Å². The molecule has 2 aliphatic rings. The lowest BCUT2D eigenvalue weighted by molar-refractivity contribution is 0.102. The van der Waals surface area contributed by atoms with Gasteiger partial charge < -0.3 is 19.9 Å². The van der Waals surface area contributed by atoms with Crippen molar-refractivity contribution in [1.29, 1.82) is 0 Å². The minimum atomic E-state index is -0.126. The van der Waals surface area contributed by atoms with Gasteiger partial charge in [0.25, 0.3) is 5.91 Å². The molecule has 27 heavy (non-hydrogen) atoms. The smallest absolute Gasteiger partial charge is 0.256 e. The lowest BCUT2D eigenvalue weighted by Gasteiger charge is -2.34. The average Bonchev–Trinajstić information content (AvgIpc) is 3.24. The summed E-state index contributed by atoms with van der Waals surface area (Å²) in [5.41, 5.74) is 2.93. The number of hydrogen-bond acceptors (Lipinski definition) is 5. The number of carbonyl (C=O) groups is 1. The second kappa shape index (κ2) is 8.06. The maximum atomic E-state index is 12.7. The summed E-state index contributed by atoms with van der Waals surface area (Å²) < 4.78 is 5.47. The maximum absolute atomic E-state index is 12.7. The zero-order chi connectivity index (χ0) is 18.6. The van der Waals surface area contributed by atoms with Crippen LogP contribution in [0.1, 0.15) is 28.3 Å². The van der Waals surface area contributed by atoms with Crippen molar-refractivity contribution in [2.75, 3.05) is 56.7 Å². The van der Waals surface area contributed by atoms with Crippen LogP contribution in [0, 0.1) is 0 Å². The number of amides is 1. The van der Waals surface area contributed by atoms with E-state index in [2.05, 4.69) is 33.2 Å². The number of ether oxygens (including phenoxy) is 1. The molecule has 0 radical (unpaired) electrons. The van der Waals surface area contributed by atoms with Crippen molar-refractivity contribution in [2.45, 2.75) is 12.3 Å². The molecule has 0 spiro atoms. The number of nitrogens with one attached hydrogen (secondary N) is 1. The van der Waals surface area contributed by atoms with Crippen LogP contribution in [0.3, 0.4) is 0 Å². The number of piperazine rings is 1. The number of rotatable bonds is 4. The van der Waals surface area contributed by atoms with E-state index in [4.69, 9.17) is 4.74 Å². The summed E-state index contributed by atoms with van der Waals surface area (Å²) in [5, 5.41) is 2.95. The quantitative estimate of drug-likeness (QED) is 0.901. The molecule has 0 aliphatic carbocycles. The largest absolute Gasteiger partial charge is 0.381 e. The molecule has 1 aromatic heterocycles. The topological polar surface area (TPSA) is 57.7 Å². The van der Waals surface area contributed by atoms with Gasteiger partial charge in [-0.05, 0) is 37.2 Å². The molecule has 2 aliphatic heterocycles. The van der Waals surface area contributed by atoms with Gasteiger partial charge in [-0.1, -0.05) is 12.1 Å². The fourth-order valence-electron chi connectivity index (χ4n) is 3.67. The van der Waals surface area contributed by atoms with Crippen molar-refractivity contribution in [3.05, 3.63) is 53.7 Å². The van der Waals surface area contributed by atoms with E-state index in [1.54, 1.807) is 6.20 Å². The highest BCUT2D eigenvalue weighted by Crippen LogP contribution is 2.26. The summed E-state index contributed by atoms with van der Waals surface area (Å²) in [6, 6.07) is 11.8. The first-order chi connectivity index (χ1) is 13.2. The van der Waals surface area contributed by atoms with Gasteiger partial charge in [0.15, 0.2) is 0 Å². The molecule has 1 amide bonds. The summed E-state index contributed by atoms with van der Waals surface area (Å²) >= 11 is 0. The summed E-state index contributed by atoms with van der Waals surface area (Å²) in [6.45, 7) is 5.59. The standard InChI is InChI=1S/C21H26N4O2/c1-24-8-10-25(11-9-24)19-5-7-22-20(14-19)23-21(26)17-4-2-3-16(13-17)18-6-12-27-15-18/h2-5,7,13-14,18H,6,8-12,15H2,1H3,(H,22,23,26). The van der Waals surface area contributed by atoms with Crippen molar-refractivity contribution >= 4 is 17.4 Å². The third kappa shape index (κ3) is 4.28. The normalized spacial score (nSPS) is 20.6. The molecule has 6 nitrogen and oxygen atoms in total. The first-order valence-electron chi connectivity index (χ1n) is 9.57. The van der Waals surface area contributed by atoms with E-state index in [9.17, 15) is 4.79 Å². The molecule has 2 fully saturated rings. The number of pyridine rings is 1. The summed E-state index contributed by atoms with van der Waals surface area (Å²) in [6.07, 6.45) is 2.77. The molecule has 2 aromatic rings. The van der Waals surface area contributed by atoms with Gasteiger partial charge >= 0.3 is 0 Å². The number of anilines is 2. The fourth-order valence-corrected chi connectivity index (χ4v) is 3.67. The molecule has 142 valence electrons. The molecular weight excluding hydrogens is 340 g/mol. The molecule has 1 aromatic carbocycles. The van der Waals surface area contributed by atoms with Gasteiger partial charge in [-0.3, -0.25) is 4.79 Å². The Balaban J connectivity index is 1.45. The van der Waals surface area contributed by atoms with Gasteiger partial charge in [0, 0.05) is 62.2 Å². The van der Waals surface area contributed by atoms with Crippen LogP contribution in [0.2, 0.25) is 0 Å². The van der Waals surface area contributed by atoms with Crippen molar-refractivity contribution in [3.8, 4) is 0 Å². The highest BCUT2D eigenvalue weighted by Gasteiger charge is 2.19. The molecule has 4 rings (SSSR count). The van der Waals surface area contributed by atoms with Gasteiger partial charge in [0.05, 0.1) is 6.61 Å². The van der Waals surface area contributed by atoms with E-state index < -0.39 is 0 Å². The Morgan fingerprint density at radius 2 is 2.04 bits per heavy atom. The lowest BCUT2D eigenvalue weighted by atomic mass is 9.96. The van der Waals surface area contributed by atoms with Crippen molar-refractivity contribution in [1.82, 2.24) is 9.88 Å². The fraction of sp³-hybridized carbons (Fsp3) is 0.429. The third-order valence-corrected chi connectivity index (χ3v) is 5.40. The first kappa shape index (κ1) is 17.9. The molecule has 6 heteroatoms. The zero-order valence-electron chi connectivity index (χ0n) is 15.7. The predicted octanol–water partition coefficient (Wildman–Crippen LogP) is 2.59. The van der Waals surface area contributed by atoms with Crippen LogP contribution in [0.4, 0.5) is 11.5 Å². The summed E-state index contributed by atoms with van der Waals surface area (Å²) in [5.74, 6) is 0.848. The number of benzene rings is 1. The van der Waals surface area contributed by atoms with Crippen molar-refractivity contribution in [3.63, 3.8) is 0 Å². The van der Waals surface area contributed by atoms with Crippen LogP contribution >= 0.6 is 0 Å². The number of likely N-dealkylation sites (N-methyl/N-ethyl adjacent to an activating group) is 1. The van der Waals surface area contributed by atoms with Crippen molar-refractivity contribution in [2.24, 2.45) is 0 Å². The Morgan fingerprint density at radius 3 is 2.81 bits per heavy atom. The number of nitrogens with zero attached hydrogens (tertiary/aromatic N) is 3. The van der Waals surface area contributed by atoms with E-state index in [0.29, 0.717) is 17.3 Å². The first-order valence-corrected chi connectivity index (χ1v) is 9.57. The number of carbonyl (C=O) groups excluding carboxylic acids is 1. The highest BCUT2D eigenvalue weighted by atomic mass is 16.5. The summed E-state index contributed by atoms with van der Waals surface area (Å²) in [7, 11) is 2.14. The lowest BCUT2D eigenvalue weighted by Crippen LogP contribution is -2.44. The van der Waals surface area contributed by atoms with E-state index in [1.165, 1.54) is 5.56 Å². The molecule has 0 saturated carbocycles. The second-order valence-electron chi connectivity index (χ2n) is 7.33. The Hall–Kier alpha value is -2.44. The second-order valence-corrected chi connectivity index (χ2v) is 7.33. The predicted molar refractivity (Wildman–Crippen MR) is 107 cm³/mol. The highest BCUT2D eigenvalue weighted by molar-refractivity contribution is 6.04.